The zero-order valence-corrected chi connectivity index (χ0v) is 12.2. The first-order chi connectivity index (χ1) is 10.7. The van der Waals surface area contributed by atoms with Gasteiger partial charge in [0, 0.05) is 6.07 Å². The smallest absolute Gasteiger partial charge is 0.260 e. The van der Waals surface area contributed by atoms with Gasteiger partial charge in [0.1, 0.15) is 11.5 Å². The standard InChI is InChI=1S/C16H15N3O3/c1-21-10-7-8-14(22-2)13(9-10)18-16-17-12-6-4-3-5-11(12)15(20)19-16/h3-9H,1-2H3,(H2,17,18,19,20). The molecule has 0 atom stereocenters. The first-order valence-electron chi connectivity index (χ1n) is 6.69. The molecule has 3 rings (SSSR count). The van der Waals surface area contributed by atoms with Gasteiger partial charge >= 0.3 is 0 Å². The van der Waals surface area contributed by atoms with Crippen molar-refractivity contribution in [3.8, 4) is 11.5 Å². The molecule has 0 unspecified atom stereocenters. The van der Waals surface area contributed by atoms with Crippen molar-refractivity contribution in [2.45, 2.75) is 0 Å². The SMILES string of the molecule is COc1ccc(OC)c(Nc2nc3ccccc3c(=O)[nH]2)c1. The van der Waals surface area contributed by atoms with Crippen LogP contribution in [0.2, 0.25) is 0 Å². The topological polar surface area (TPSA) is 76.2 Å². The summed E-state index contributed by atoms with van der Waals surface area (Å²) in [6, 6.07) is 12.5. The molecule has 112 valence electrons. The minimum atomic E-state index is -0.199. The third-order valence-corrected chi connectivity index (χ3v) is 3.27. The van der Waals surface area contributed by atoms with E-state index in [2.05, 4.69) is 15.3 Å². The summed E-state index contributed by atoms with van der Waals surface area (Å²) >= 11 is 0. The minimum absolute atomic E-state index is 0.199. The van der Waals surface area contributed by atoms with Crippen molar-refractivity contribution in [2.75, 3.05) is 19.5 Å². The highest BCUT2D eigenvalue weighted by Gasteiger charge is 2.08. The predicted octanol–water partition coefficient (Wildman–Crippen LogP) is 2.68. The molecule has 3 aromatic rings. The van der Waals surface area contributed by atoms with Crippen LogP contribution in [0.3, 0.4) is 0 Å². The van der Waals surface area contributed by atoms with Crippen molar-refractivity contribution in [3.63, 3.8) is 0 Å². The molecule has 6 heteroatoms. The monoisotopic (exact) mass is 297 g/mol. The third-order valence-electron chi connectivity index (χ3n) is 3.27. The van der Waals surface area contributed by atoms with Crippen LogP contribution in [0.1, 0.15) is 0 Å². The first kappa shape index (κ1) is 13.9. The van der Waals surface area contributed by atoms with Crippen LogP contribution in [0.25, 0.3) is 10.9 Å². The Labute approximate surface area is 126 Å². The number of anilines is 2. The second-order valence-corrected chi connectivity index (χ2v) is 4.62. The lowest BCUT2D eigenvalue weighted by molar-refractivity contribution is 0.405. The van der Waals surface area contributed by atoms with Gasteiger partial charge in [-0.1, -0.05) is 12.1 Å². The number of nitrogens with zero attached hydrogens (tertiary/aromatic N) is 1. The van der Waals surface area contributed by atoms with Crippen molar-refractivity contribution in [3.05, 3.63) is 52.8 Å². The fraction of sp³-hybridized carbons (Fsp3) is 0.125. The average molecular weight is 297 g/mol. The van der Waals surface area contributed by atoms with Gasteiger partial charge < -0.3 is 14.8 Å². The molecule has 22 heavy (non-hydrogen) atoms. The molecular formula is C16H15N3O3. The molecule has 1 aromatic heterocycles. The molecule has 0 bridgehead atoms. The number of fused-ring (bicyclic) bond motifs is 1. The van der Waals surface area contributed by atoms with E-state index in [1.165, 1.54) is 0 Å². The summed E-state index contributed by atoms with van der Waals surface area (Å²) in [7, 11) is 3.16. The fourth-order valence-electron chi connectivity index (χ4n) is 2.18. The third kappa shape index (κ3) is 2.58. The number of ether oxygens (including phenoxy) is 2. The van der Waals surface area contributed by atoms with E-state index in [0.29, 0.717) is 34.0 Å². The van der Waals surface area contributed by atoms with Gasteiger partial charge in [-0.3, -0.25) is 9.78 Å². The first-order valence-corrected chi connectivity index (χ1v) is 6.69. The minimum Gasteiger partial charge on any atom is -0.497 e. The van der Waals surface area contributed by atoms with Crippen LogP contribution in [0.4, 0.5) is 11.6 Å². The molecule has 6 nitrogen and oxygen atoms in total. The Balaban J connectivity index is 2.04. The van der Waals surface area contributed by atoms with Gasteiger partial charge in [-0.2, -0.15) is 0 Å². The van der Waals surface area contributed by atoms with Crippen molar-refractivity contribution in [1.29, 1.82) is 0 Å². The summed E-state index contributed by atoms with van der Waals surface area (Å²) in [5, 5.41) is 3.61. The van der Waals surface area contributed by atoms with Gasteiger partial charge in [-0.15, -0.1) is 0 Å². The number of benzene rings is 2. The van der Waals surface area contributed by atoms with Gasteiger partial charge in [0.2, 0.25) is 5.95 Å². The molecule has 0 amide bonds. The van der Waals surface area contributed by atoms with E-state index in [0.717, 1.165) is 0 Å². The van der Waals surface area contributed by atoms with Crippen LogP contribution in [-0.4, -0.2) is 24.2 Å². The van der Waals surface area contributed by atoms with Crippen LogP contribution in [0.5, 0.6) is 11.5 Å². The molecule has 0 aliphatic rings. The van der Waals surface area contributed by atoms with E-state index in [9.17, 15) is 4.79 Å². The maximum Gasteiger partial charge on any atom is 0.260 e. The molecule has 2 aromatic carbocycles. The molecule has 0 fully saturated rings. The summed E-state index contributed by atoms with van der Waals surface area (Å²) in [6.07, 6.45) is 0. The van der Waals surface area contributed by atoms with Gasteiger partial charge in [0.15, 0.2) is 0 Å². The van der Waals surface area contributed by atoms with Crippen molar-refractivity contribution in [1.82, 2.24) is 9.97 Å². The number of para-hydroxylation sites is 1. The number of nitrogens with one attached hydrogen (secondary N) is 2. The summed E-state index contributed by atoms with van der Waals surface area (Å²) in [4.78, 5) is 19.2. The number of rotatable bonds is 4. The normalized spacial score (nSPS) is 10.5. The van der Waals surface area contributed by atoms with Crippen LogP contribution < -0.4 is 20.3 Å². The van der Waals surface area contributed by atoms with Crippen LogP contribution in [-0.2, 0) is 0 Å². The van der Waals surface area contributed by atoms with Crippen LogP contribution in [0.15, 0.2) is 47.3 Å². The zero-order valence-electron chi connectivity index (χ0n) is 12.2. The summed E-state index contributed by atoms with van der Waals surface area (Å²) in [6.45, 7) is 0. The summed E-state index contributed by atoms with van der Waals surface area (Å²) in [5.41, 5.74) is 1.07. The lowest BCUT2D eigenvalue weighted by Crippen LogP contribution is -2.11. The highest BCUT2D eigenvalue weighted by molar-refractivity contribution is 5.79. The van der Waals surface area contributed by atoms with Crippen molar-refractivity contribution in [2.24, 2.45) is 0 Å². The molecule has 0 spiro atoms. The average Bonchev–Trinajstić information content (AvgIpc) is 2.55. The van der Waals surface area contributed by atoms with E-state index in [4.69, 9.17) is 9.47 Å². The number of hydrogen-bond acceptors (Lipinski definition) is 5. The Morgan fingerprint density at radius 1 is 1.09 bits per heavy atom. The van der Waals surface area contributed by atoms with Gasteiger partial charge in [0.25, 0.3) is 5.56 Å². The number of aromatic nitrogens is 2. The van der Waals surface area contributed by atoms with Crippen LogP contribution >= 0.6 is 0 Å². The van der Waals surface area contributed by atoms with E-state index in [1.54, 1.807) is 50.6 Å². The second kappa shape index (κ2) is 5.77. The van der Waals surface area contributed by atoms with Gasteiger partial charge in [-0.05, 0) is 24.3 Å². The van der Waals surface area contributed by atoms with E-state index in [1.807, 2.05) is 6.07 Å². The quantitative estimate of drug-likeness (QED) is 0.774. The fourth-order valence-corrected chi connectivity index (χ4v) is 2.18. The number of H-pyrrole nitrogens is 1. The Kier molecular flexibility index (Phi) is 3.65. The number of aromatic amines is 1. The lowest BCUT2D eigenvalue weighted by Gasteiger charge is -2.12. The lowest BCUT2D eigenvalue weighted by atomic mass is 10.2. The highest BCUT2D eigenvalue weighted by Crippen LogP contribution is 2.30. The highest BCUT2D eigenvalue weighted by atomic mass is 16.5. The maximum atomic E-state index is 12.1. The molecular weight excluding hydrogens is 282 g/mol. The van der Waals surface area contributed by atoms with Crippen molar-refractivity contribution >= 4 is 22.5 Å². The molecule has 0 saturated carbocycles. The molecule has 1 heterocycles. The largest absolute Gasteiger partial charge is 0.497 e. The van der Waals surface area contributed by atoms with E-state index >= 15 is 0 Å². The van der Waals surface area contributed by atoms with Crippen LogP contribution in [0, 0.1) is 0 Å². The predicted molar refractivity (Wildman–Crippen MR) is 85.2 cm³/mol. The second-order valence-electron chi connectivity index (χ2n) is 4.62. The zero-order chi connectivity index (χ0) is 15.5. The Hall–Kier alpha value is -3.02. The van der Waals surface area contributed by atoms with Crippen molar-refractivity contribution < 1.29 is 9.47 Å². The number of hydrogen-bond donors (Lipinski definition) is 2. The Morgan fingerprint density at radius 2 is 1.91 bits per heavy atom. The molecule has 0 radical (unpaired) electrons. The van der Waals surface area contributed by atoms with E-state index < -0.39 is 0 Å². The number of methoxy groups -OCH3 is 2. The molecule has 0 saturated heterocycles. The summed E-state index contributed by atoms with van der Waals surface area (Å²) in [5.74, 6) is 1.64. The Bertz CT molecular complexity index is 874. The maximum absolute atomic E-state index is 12.1. The molecule has 0 aliphatic carbocycles. The van der Waals surface area contributed by atoms with Gasteiger partial charge in [0.05, 0.1) is 30.8 Å². The molecule has 0 aliphatic heterocycles. The Morgan fingerprint density at radius 3 is 2.68 bits per heavy atom. The van der Waals surface area contributed by atoms with Gasteiger partial charge in [-0.25, -0.2) is 4.98 Å². The molecule has 2 N–H and O–H groups in total. The van der Waals surface area contributed by atoms with E-state index in [-0.39, 0.29) is 5.56 Å². The summed E-state index contributed by atoms with van der Waals surface area (Å²) < 4.78 is 10.5.